The van der Waals surface area contributed by atoms with E-state index in [1.165, 1.54) is 17.4 Å². The number of aliphatic hydroxyl groups is 1. The van der Waals surface area contributed by atoms with Crippen LogP contribution >= 0.6 is 0 Å². The second-order valence-corrected chi connectivity index (χ2v) is 5.71. The number of aliphatic hydroxyl groups excluding tert-OH is 1. The molecule has 3 rings (SSSR count). The van der Waals surface area contributed by atoms with Gasteiger partial charge in [0.05, 0.1) is 24.0 Å². The quantitative estimate of drug-likeness (QED) is 0.867. The lowest BCUT2D eigenvalue weighted by Crippen LogP contribution is -2.42. The van der Waals surface area contributed by atoms with Crippen LogP contribution in [0.1, 0.15) is 35.4 Å². The van der Waals surface area contributed by atoms with Crippen molar-refractivity contribution in [3.8, 4) is 11.6 Å². The molecule has 0 spiro atoms. The summed E-state index contributed by atoms with van der Waals surface area (Å²) in [5.41, 5.74) is 6.91. The largest absolute Gasteiger partial charge is 0.443 e. The Labute approximate surface area is 133 Å². The predicted molar refractivity (Wildman–Crippen MR) is 82.4 cm³/mol. The molecule has 0 radical (unpaired) electrons. The van der Waals surface area contributed by atoms with Crippen LogP contribution in [-0.4, -0.2) is 50.1 Å². The van der Waals surface area contributed by atoms with E-state index < -0.39 is 6.10 Å². The lowest BCUT2D eigenvalue weighted by molar-refractivity contribution is 0.0534. The van der Waals surface area contributed by atoms with Gasteiger partial charge in [0.1, 0.15) is 12.0 Å². The van der Waals surface area contributed by atoms with Gasteiger partial charge in [0, 0.05) is 7.05 Å². The van der Waals surface area contributed by atoms with E-state index in [1.807, 2.05) is 0 Å². The Kier molecular flexibility index (Phi) is 3.99. The van der Waals surface area contributed by atoms with Crippen LogP contribution in [0.2, 0.25) is 0 Å². The van der Waals surface area contributed by atoms with Crippen molar-refractivity contribution in [3.63, 3.8) is 0 Å². The molecule has 122 valence electrons. The highest BCUT2D eigenvalue weighted by Crippen LogP contribution is 2.26. The molecule has 1 fully saturated rings. The number of anilines is 1. The van der Waals surface area contributed by atoms with Crippen LogP contribution in [0.25, 0.3) is 11.6 Å². The number of hydrogen-bond donors (Lipinski definition) is 2. The van der Waals surface area contributed by atoms with Crippen molar-refractivity contribution < 1.29 is 14.3 Å². The molecule has 2 aromatic rings. The molecule has 0 unspecified atom stereocenters. The molecule has 8 heteroatoms. The van der Waals surface area contributed by atoms with Gasteiger partial charge in [0.15, 0.2) is 11.5 Å². The molecule has 8 nitrogen and oxygen atoms in total. The number of rotatable bonds is 3. The highest BCUT2D eigenvalue weighted by Gasteiger charge is 2.33. The minimum Gasteiger partial charge on any atom is -0.443 e. The lowest BCUT2D eigenvalue weighted by atomic mass is 10.1. The zero-order chi connectivity index (χ0) is 16.6. The van der Waals surface area contributed by atoms with E-state index in [0.29, 0.717) is 23.7 Å². The molecule has 2 heterocycles. The molecule has 1 amide bonds. The molecule has 23 heavy (non-hydrogen) atoms. The first kappa shape index (κ1) is 15.4. The maximum Gasteiger partial charge on any atom is 0.276 e. The number of aromatic nitrogens is 3. The van der Waals surface area contributed by atoms with Gasteiger partial charge in [-0.25, -0.2) is 15.0 Å². The van der Waals surface area contributed by atoms with Crippen molar-refractivity contribution in [2.75, 3.05) is 12.8 Å². The normalized spacial score (nSPS) is 20.7. The highest BCUT2D eigenvalue weighted by molar-refractivity contribution is 5.96. The maximum atomic E-state index is 12.6. The van der Waals surface area contributed by atoms with E-state index in [1.54, 1.807) is 14.0 Å². The number of hydrogen-bond acceptors (Lipinski definition) is 7. The van der Waals surface area contributed by atoms with Gasteiger partial charge in [-0.1, -0.05) is 0 Å². The van der Waals surface area contributed by atoms with Gasteiger partial charge < -0.3 is 20.2 Å². The summed E-state index contributed by atoms with van der Waals surface area (Å²) in [6.45, 7) is 1.72. The first-order chi connectivity index (χ1) is 11.0. The number of likely N-dealkylation sites (N-methyl/N-ethyl adjacent to an activating group) is 1. The van der Waals surface area contributed by atoms with Crippen molar-refractivity contribution in [2.45, 2.75) is 38.3 Å². The van der Waals surface area contributed by atoms with Crippen LogP contribution in [0, 0.1) is 6.92 Å². The monoisotopic (exact) mass is 317 g/mol. The second kappa shape index (κ2) is 5.96. The third-order valence-corrected chi connectivity index (χ3v) is 4.20. The summed E-state index contributed by atoms with van der Waals surface area (Å²) in [7, 11) is 1.65. The maximum absolute atomic E-state index is 12.6. The van der Waals surface area contributed by atoms with Gasteiger partial charge in [0.2, 0.25) is 5.89 Å². The van der Waals surface area contributed by atoms with Gasteiger partial charge >= 0.3 is 0 Å². The summed E-state index contributed by atoms with van der Waals surface area (Å²) < 4.78 is 5.20. The first-order valence-corrected chi connectivity index (χ1v) is 7.48. The third kappa shape index (κ3) is 2.77. The molecule has 1 saturated carbocycles. The number of oxazole rings is 1. The topological polar surface area (TPSA) is 118 Å². The van der Waals surface area contributed by atoms with Gasteiger partial charge in [-0.15, -0.1) is 0 Å². The van der Waals surface area contributed by atoms with Crippen molar-refractivity contribution in [1.82, 2.24) is 19.9 Å². The number of aryl methyl sites for hydroxylation is 1. The Balaban J connectivity index is 1.91. The summed E-state index contributed by atoms with van der Waals surface area (Å²) in [5, 5.41) is 9.97. The number of carbonyl (C=O) groups excluding carboxylic acids is 1. The zero-order valence-electron chi connectivity index (χ0n) is 13.1. The Hall–Kier alpha value is -2.48. The lowest BCUT2D eigenvalue weighted by Gasteiger charge is -2.27. The van der Waals surface area contributed by atoms with E-state index in [2.05, 4.69) is 15.0 Å². The fourth-order valence-electron chi connectivity index (χ4n) is 2.92. The van der Waals surface area contributed by atoms with E-state index in [-0.39, 0.29) is 23.5 Å². The minimum atomic E-state index is -0.508. The summed E-state index contributed by atoms with van der Waals surface area (Å²) in [5.74, 6) is -0.0172. The Morgan fingerprint density at radius 1 is 1.43 bits per heavy atom. The Morgan fingerprint density at radius 3 is 2.83 bits per heavy atom. The van der Waals surface area contributed by atoms with Crippen molar-refractivity contribution >= 4 is 11.7 Å². The number of carbonyl (C=O) groups is 1. The van der Waals surface area contributed by atoms with E-state index in [9.17, 15) is 9.90 Å². The summed E-state index contributed by atoms with van der Waals surface area (Å²) in [6.07, 6.45) is 4.79. The van der Waals surface area contributed by atoms with E-state index in [0.717, 1.165) is 12.8 Å². The summed E-state index contributed by atoms with van der Waals surface area (Å²) >= 11 is 0. The van der Waals surface area contributed by atoms with Gasteiger partial charge in [0.25, 0.3) is 5.91 Å². The Morgan fingerprint density at radius 2 is 2.22 bits per heavy atom. The SMILES string of the molecule is Cc1nc(C(=O)N(C)[C@@H]2CCC[C@H]2O)c(N)nc1-c1ncco1. The molecule has 0 aromatic carbocycles. The average molecular weight is 317 g/mol. The summed E-state index contributed by atoms with van der Waals surface area (Å²) in [4.78, 5) is 26.7. The third-order valence-electron chi connectivity index (χ3n) is 4.20. The molecular weight excluding hydrogens is 298 g/mol. The van der Waals surface area contributed by atoms with Gasteiger partial charge in [-0.3, -0.25) is 4.79 Å². The average Bonchev–Trinajstić information content (AvgIpc) is 3.19. The fraction of sp³-hybridized carbons (Fsp3) is 0.467. The molecule has 0 aliphatic heterocycles. The number of amides is 1. The Bertz CT molecular complexity index is 716. The number of nitrogen functional groups attached to an aromatic ring is 1. The molecular formula is C15H19N5O3. The van der Waals surface area contributed by atoms with Crippen LogP contribution in [0.4, 0.5) is 5.82 Å². The van der Waals surface area contributed by atoms with E-state index in [4.69, 9.17) is 10.2 Å². The molecule has 0 bridgehead atoms. The van der Waals surface area contributed by atoms with Crippen LogP contribution < -0.4 is 5.73 Å². The smallest absolute Gasteiger partial charge is 0.276 e. The van der Waals surface area contributed by atoms with Crippen LogP contribution in [0.5, 0.6) is 0 Å². The van der Waals surface area contributed by atoms with Crippen LogP contribution in [-0.2, 0) is 0 Å². The predicted octanol–water partition coefficient (Wildman–Crippen LogP) is 1.01. The van der Waals surface area contributed by atoms with Crippen molar-refractivity contribution in [1.29, 1.82) is 0 Å². The highest BCUT2D eigenvalue weighted by atomic mass is 16.3. The van der Waals surface area contributed by atoms with Crippen molar-refractivity contribution in [2.24, 2.45) is 0 Å². The molecule has 0 saturated heterocycles. The second-order valence-electron chi connectivity index (χ2n) is 5.71. The molecule has 2 aromatic heterocycles. The van der Waals surface area contributed by atoms with Gasteiger partial charge in [-0.2, -0.15) is 0 Å². The molecule has 3 N–H and O–H groups in total. The van der Waals surface area contributed by atoms with Crippen LogP contribution in [0.3, 0.4) is 0 Å². The van der Waals surface area contributed by atoms with Gasteiger partial charge in [-0.05, 0) is 26.2 Å². The van der Waals surface area contributed by atoms with Crippen molar-refractivity contribution in [3.05, 3.63) is 23.8 Å². The number of nitrogens with two attached hydrogens (primary N) is 1. The van der Waals surface area contributed by atoms with E-state index >= 15 is 0 Å². The zero-order valence-corrected chi connectivity index (χ0v) is 13.1. The minimum absolute atomic E-state index is 0.0214. The first-order valence-electron chi connectivity index (χ1n) is 7.48. The molecule has 1 aliphatic rings. The standard InChI is InChI=1S/C15H19N5O3/c1-8-11(14-17-6-7-23-14)19-13(16)12(18-8)15(22)20(2)9-4-3-5-10(9)21/h6-7,9-10,21H,3-5H2,1-2H3,(H2,16,19)/t9-,10-/m1/s1. The molecule has 1 aliphatic carbocycles. The molecule has 2 atom stereocenters. The van der Waals surface area contributed by atoms with Crippen LogP contribution in [0.15, 0.2) is 16.9 Å². The summed E-state index contributed by atoms with van der Waals surface area (Å²) in [6, 6.07) is -0.213. The fourth-order valence-corrected chi connectivity index (χ4v) is 2.92. The number of nitrogens with zero attached hydrogens (tertiary/aromatic N) is 4.